The van der Waals surface area contributed by atoms with Crippen molar-refractivity contribution < 1.29 is 19.0 Å². The molecule has 108 valence electrons. The topological polar surface area (TPSA) is 46.5 Å². The van der Waals surface area contributed by atoms with E-state index in [1.807, 2.05) is 0 Å². The molecule has 0 bridgehead atoms. The number of carbonyl (C=O) groups is 1. The minimum atomic E-state index is -1.01. The molecule has 0 aliphatic carbocycles. The molecule has 0 unspecified atom stereocenters. The molecule has 0 saturated carbocycles. The van der Waals surface area contributed by atoms with E-state index in [1.165, 1.54) is 18.2 Å². The first-order chi connectivity index (χ1) is 10.0. The zero-order chi connectivity index (χ0) is 15.2. The van der Waals surface area contributed by atoms with Gasteiger partial charge >= 0.3 is 5.97 Å². The van der Waals surface area contributed by atoms with Crippen LogP contribution in [0.5, 0.6) is 5.75 Å². The maximum absolute atomic E-state index is 12.9. The predicted octanol–water partition coefficient (Wildman–Crippen LogP) is 4.16. The number of ether oxygens (including phenoxy) is 1. The van der Waals surface area contributed by atoms with Gasteiger partial charge in [-0.1, -0.05) is 29.8 Å². The van der Waals surface area contributed by atoms with Crippen molar-refractivity contribution in [3.63, 3.8) is 0 Å². The van der Waals surface area contributed by atoms with E-state index in [1.54, 1.807) is 30.3 Å². The summed E-state index contributed by atoms with van der Waals surface area (Å²) in [4.78, 5) is 10.5. The first-order valence-corrected chi connectivity index (χ1v) is 6.50. The highest BCUT2D eigenvalue weighted by Gasteiger charge is 2.03. The summed E-state index contributed by atoms with van der Waals surface area (Å²) in [5, 5.41) is 8.89. The fourth-order valence-electron chi connectivity index (χ4n) is 1.68. The maximum Gasteiger partial charge on any atom is 0.328 e. The molecule has 1 N–H and O–H groups in total. The summed E-state index contributed by atoms with van der Waals surface area (Å²) in [6.07, 6.45) is 2.52. The first kappa shape index (κ1) is 15.1. The Morgan fingerprint density at radius 3 is 2.81 bits per heavy atom. The van der Waals surface area contributed by atoms with E-state index in [4.69, 9.17) is 21.4 Å². The van der Waals surface area contributed by atoms with Crippen LogP contribution < -0.4 is 4.74 Å². The van der Waals surface area contributed by atoms with Crippen molar-refractivity contribution in [1.82, 2.24) is 0 Å². The van der Waals surface area contributed by atoms with Crippen molar-refractivity contribution in [3.8, 4) is 5.75 Å². The highest BCUT2D eigenvalue weighted by atomic mass is 35.5. The average molecular weight is 307 g/mol. The van der Waals surface area contributed by atoms with Crippen molar-refractivity contribution in [2.75, 3.05) is 0 Å². The zero-order valence-corrected chi connectivity index (χ0v) is 11.7. The number of hydrogen-bond donors (Lipinski definition) is 1. The van der Waals surface area contributed by atoms with Gasteiger partial charge in [0.05, 0.1) is 5.02 Å². The van der Waals surface area contributed by atoms with Gasteiger partial charge in [-0.15, -0.1) is 0 Å². The van der Waals surface area contributed by atoms with Crippen LogP contribution in [0.4, 0.5) is 4.39 Å². The molecule has 2 aromatic rings. The molecule has 0 saturated heterocycles. The van der Waals surface area contributed by atoms with Gasteiger partial charge in [0.1, 0.15) is 18.2 Å². The SMILES string of the molecule is O=C(O)/C=C/c1cccc(OCc2ccc(F)cc2Cl)c1. The molecule has 0 aliphatic heterocycles. The number of carboxylic acid groups (broad SMARTS) is 1. The molecule has 0 spiro atoms. The van der Waals surface area contributed by atoms with Crippen molar-refractivity contribution in [3.05, 3.63) is 70.5 Å². The van der Waals surface area contributed by atoms with Gasteiger partial charge in [-0.25, -0.2) is 9.18 Å². The van der Waals surface area contributed by atoms with E-state index in [0.29, 0.717) is 21.9 Å². The Kier molecular flexibility index (Phi) is 4.95. The molecule has 2 aromatic carbocycles. The molecule has 0 aromatic heterocycles. The molecule has 0 radical (unpaired) electrons. The molecule has 21 heavy (non-hydrogen) atoms. The summed E-state index contributed by atoms with van der Waals surface area (Å²) < 4.78 is 18.5. The third kappa shape index (κ3) is 4.61. The normalized spacial score (nSPS) is 10.8. The van der Waals surface area contributed by atoms with Gasteiger partial charge in [-0.3, -0.25) is 0 Å². The summed E-state index contributed by atoms with van der Waals surface area (Å²) in [6.45, 7) is 0.200. The Morgan fingerprint density at radius 2 is 2.10 bits per heavy atom. The lowest BCUT2D eigenvalue weighted by molar-refractivity contribution is -0.131. The second kappa shape index (κ2) is 6.90. The molecule has 5 heteroatoms. The van der Waals surface area contributed by atoms with Crippen molar-refractivity contribution in [2.24, 2.45) is 0 Å². The lowest BCUT2D eigenvalue weighted by Crippen LogP contribution is -1.97. The lowest BCUT2D eigenvalue weighted by atomic mass is 10.2. The van der Waals surface area contributed by atoms with Gasteiger partial charge < -0.3 is 9.84 Å². The second-order valence-corrected chi connectivity index (χ2v) is 4.68. The molecule has 3 nitrogen and oxygen atoms in total. The molecule has 0 fully saturated rings. The number of aliphatic carboxylic acids is 1. The minimum Gasteiger partial charge on any atom is -0.489 e. The maximum atomic E-state index is 12.9. The molecule has 0 atom stereocenters. The fraction of sp³-hybridized carbons (Fsp3) is 0.0625. The number of hydrogen-bond acceptors (Lipinski definition) is 2. The molecule has 2 rings (SSSR count). The standard InChI is InChI=1S/C16H12ClFO3/c17-15-9-13(18)6-5-12(15)10-21-14-3-1-2-11(8-14)4-7-16(19)20/h1-9H,10H2,(H,19,20)/b7-4+. The largest absolute Gasteiger partial charge is 0.489 e. The molecule has 0 aliphatic rings. The van der Waals surface area contributed by atoms with Gasteiger partial charge in [0.15, 0.2) is 0 Å². The van der Waals surface area contributed by atoms with Crippen LogP contribution in [0.15, 0.2) is 48.5 Å². The van der Waals surface area contributed by atoms with Crippen LogP contribution >= 0.6 is 11.6 Å². The lowest BCUT2D eigenvalue weighted by Gasteiger charge is -2.08. The van der Waals surface area contributed by atoms with Crippen LogP contribution in [-0.2, 0) is 11.4 Å². The molecule has 0 amide bonds. The van der Waals surface area contributed by atoms with Crippen LogP contribution in [0.3, 0.4) is 0 Å². The van der Waals surface area contributed by atoms with Gasteiger partial charge in [0.25, 0.3) is 0 Å². The Balaban J connectivity index is 2.06. The van der Waals surface area contributed by atoms with Gasteiger partial charge in [0.2, 0.25) is 0 Å². The van der Waals surface area contributed by atoms with Crippen molar-refractivity contribution >= 4 is 23.6 Å². The number of halogens is 2. The van der Waals surface area contributed by atoms with Crippen molar-refractivity contribution in [1.29, 1.82) is 0 Å². The number of carboxylic acids is 1. The Hall–Kier alpha value is -2.33. The summed E-state index contributed by atoms with van der Waals surface area (Å²) in [5.41, 5.74) is 1.38. The minimum absolute atomic E-state index is 0.200. The highest BCUT2D eigenvalue weighted by molar-refractivity contribution is 6.31. The van der Waals surface area contributed by atoms with E-state index in [2.05, 4.69) is 0 Å². The Bertz CT molecular complexity index is 683. The monoisotopic (exact) mass is 306 g/mol. The zero-order valence-electron chi connectivity index (χ0n) is 10.9. The summed E-state index contributed by atoms with van der Waals surface area (Å²) in [7, 11) is 0. The van der Waals surface area contributed by atoms with E-state index in [9.17, 15) is 9.18 Å². The Morgan fingerprint density at radius 1 is 1.29 bits per heavy atom. The third-order valence-corrected chi connectivity index (χ3v) is 3.04. The fourth-order valence-corrected chi connectivity index (χ4v) is 1.90. The third-order valence-electron chi connectivity index (χ3n) is 2.69. The van der Waals surface area contributed by atoms with E-state index >= 15 is 0 Å². The van der Waals surface area contributed by atoms with Gasteiger partial charge in [-0.2, -0.15) is 0 Å². The number of benzene rings is 2. The van der Waals surface area contributed by atoms with E-state index < -0.39 is 11.8 Å². The van der Waals surface area contributed by atoms with Crippen LogP contribution in [0, 0.1) is 5.82 Å². The Labute approximate surface area is 126 Å². The highest BCUT2D eigenvalue weighted by Crippen LogP contribution is 2.21. The first-order valence-electron chi connectivity index (χ1n) is 6.12. The molecular formula is C16H12ClFO3. The summed E-state index contributed by atoms with van der Waals surface area (Å²) >= 11 is 5.92. The summed E-state index contributed by atoms with van der Waals surface area (Å²) in [5.74, 6) is -0.841. The van der Waals surface area contributed by atoms with Crippen LogP contribution in [0.2, 0.25) is 5.02 Å². The molecule has 0 heterocycles. The second-order valence-electron chi connectivity index (χ2n) is 4.27. The van der Waals surface area contributed by atoms with Crippen LogP contribution in [0.25, 0.3) is 6.08 Å². The predicted molar refractivity (Wildman–Crippen MR) is 78.9 cm³/mol. The smallest absolute Gasteiger partial charge is 0.328 e. The number of rotatable bonds is 5. The quantitative estimate of drug-likeness (QED) is 0.844. The summed E-state index contributed by atoms with van der Waals surface area (Å²) in [6, 6.07) is 11.1. The van der Waals surface area contributed by atoms with E-state index in [-0.39, 0.29) is 6.61 Å². The van der Waals surface area contributed by atoms with E-state index in [0.717, 1.165) is 6.08 Å². The van der Waals surface area contributed by atoms with Gasteiger partial charge in [0, 0.05) is 11.6 Å². The van der Waals surface area contributed by atoms with Gasteiger partial charge in [-0.05, 0) is 35.9 Å². The average Bonchev–Trinajstić information content (AvgIpc) is 2.45. The van der Waals surface area contributed by atoms with Crippen LogP contribution in [0.1, 0.15) is 11.1 Å². The molecular weight excluding hydrogens is 295 g/mol. The van der Waals surface area contributed by atoms with Crippen LogP contribution in [-0.4, -0.2) is 11.1 Å². The van der Waals surface area contributed by atoms with Crippen molar-refractivity contribution in [2.45, 2.75) is 6.61 Å².